The highest BCUT2D eigenvalue weighted by molar-refractivity contribution is 5.42. The molecule has 0 spiro atoms. The van der Waals surface area contributed by atoms with Gasteiger partial charge in [0.25, 0.3) is 0 Å². The van der Waals surface area contributed by atoms with Gasteiger partial charge < -0.3 is 5.73 Å². The lowest BCUT2D eigenvalue weighted by molar-refractivity contribution is 0.0106. The highest BCUT2D eigenvalue weighted by Gasteiger charge is 2.33. The molecule has 2 unspecified atom stereocenters. The Labute approximate surface area is 120 Å². The van der Waals surface area contributed by atoms with Crippen LogP contribution < -0.4 is 5.73 Å². The van der Waals surface area contributed by atoms with Crippen LogP contribution in [0.3, 0.4) is 0 Å². The van der Waals surface area contributed by atoms with Gasteiger partial charge in [-0.05, 0) is 32.4 Å². The van der Waals surface area contributed by atoms with E-state index < -0.39 is 0 Å². The molecule has 0 radical (unpaired) electrons. The van der Waals surface area contributed by atoms with Gasteiger partial charge >= 0.3 is 0 Å². The normalized spacial score (nSPS) is 28.3. The minimum atomic E-state index is -0.245. The number of hydrogen-bond acceptors (Lipinski definition) is 3. The van der Waals surface area contributed by atoms with Crippen molar-refractivity contribution in [2.24, 2.45) is 0 Å². The number of benzene rings is 1. The first kappa shape index (κ1) is 13.8. The fourth-order valence-electron chi connectivity index (χ4n) is 3.57. The molecule has 1 aromatic carbocycles. The Bertz CT molecular complexity index is 477. The number of nitrogens with zero attached hydrogens (tertiary/aromatic N) is 2. The Kier molecular flexibility index (Phi) is 3.94. The van der Waals surface area contributed by atoms with E-state index in [1.54, 1.807) is 6.07 Å². The topological polar surface area (TPSA) is 32.5 Å². The Morgan fingerprint density at radius 1 is 1.30 bits per heavy atom. The maximum absolute atomic E-state index is 14.1. The Morgan fingerprint density at radius 3 is 3.00 bits per heavy atom. The smallest absolute Gasteiger partial charge is 0.150 e. The summed E-state index contributed by atoms with van der Waals surface area (Å²) in [4.78, 5) is 5.02. The first-order chi connectivity index (χ1) is 9.65. The summed E-state index contributed by atoms with van der Waals surface area (Å²) >= 11 is 0. The molecule has 2 aliphatic rings. The minimum absolute atomic E-state index is 0.245. The fraction of sp³-hybridized carbons (Fsp3) is 0.625. The van der Waals surface area contributed by atoms with Gasteiger partial charge in [-0.25, -0.2) is 4.39 Å². The van der Waals surface area contributed by atoms with Crippen LogP contribution in [0.5, 0.6) is 0 Å². The molecule has 0 saturated carbocycles. The van der Waals surface area contributed by atoms with Gasteiger partial charge in [-0.3, -0.25) is 9.80 Å². The summed E-state index contributed by atoms with van der Waals surface area (Å²) in [5.74, 6) is -0.245. The van der Waals surface area contributed by atoms with E-state index >= 15 is 0 Å². The molecule has 110 valence electrons. The zero-order valence-electron chi connectivity index (χ0n) is 12.2. The number of nitrogen functional groups attached to an aromatic ring is 1. The van der Waals surface area contributed by atoms with Crippen LogP contribution in [0.15, 0.2) is 18.2 Å². The van der Waals surface area contributed by atoms with Crippen LogP contribution in [0.25, 0.3) is 0 Å². The number of halogens is 1. The Hall–Kier alpha value is -1.13. The molecule has 0 aliphatic carbocycles. The average molecular weight is 277 g/mol. The molecule has 0 aromatic heterocycles. The van der Waals surface area contributed by atoms with Gasteiger partial charge in [0.2, 0.25) is 0 Å². The molecule has 0 amide bonds. The van der Waals surface area contributed by atoms with E-state index in [9.17, 15) is 4.39 Å². The lowest BCUT2D eigenvalue weighted by Gasteiger charge is -2.47. The van der Waals surface area contributed by atoms with Crippen molar-refractivity contribution < 1.29 is 4.39 Å². The van der Waals surface area contributed by atoms with E-state index in [1.807, 2.05) is 12.1 Å². The largest absolute Gasteiger partial charge is 0.396 e. The summed E-state index contributed by atoms with van der Waals surface area (Å²) in [6.07, 6.45) is 3.94. The standard InChI is InChI=1S/C16H24FN3/c1-12-9-19-8-3-2-6-14(19)11-20(12)10-13-5-4-7-15(18)16(13)17/h4-5,7,12,14H,2-3,6,8-11,18H2,1H3. The van der Waals surface area contributed by atoms with Gasteiger partial charge in [0, 0.05) is 37.3 Å². The van der Waals surface area contributed by atoms with Crippen molar-refractivity contribution in [3.63, 3.8) is 0 Å². The molecule has 2 aliphatic heterocycles. The summed E-state index contributed by atoms with van der Waals surface area (Å²) in [7, 11) is 0. The number of piperidine rings is 1. The number of fused-ring (bicyclic) bond motifs is 1. The SMILES string of the molecule is CC1CN2CCCCC2CN1Cc1cccc(N)c1F. The fourth-order valence-corrected chi connectivity index (χ4v) is 3.57. The van der Waals surface area contributed by atoms with E-state index in [2.05, 4.69) is 16.7 Å². The molecule has 2 heterocycles. The number of anilines is 1. The van der Waals surface area contributed by atoms with Crippen molar-refractivity contribution in [2.45, 2.75) is 44.8 Å². The maximum Gasteiger partial charge on any atom is 0.150 e. The molecule has 2 N–H and O–H groups in total. The van der Waals surface area contributed by atoms with Crippen LogP contribution in [-0.4, -0.2) is 41.5 Å². The first-order valence-electron chi connectivity index (χ1n) is 7.66. The molecule has 3 nitrogen and oxygen atoms in total. The van der Waals surface area contributed by atoms with Gasteiger partial charge in [-0.2, -0.15) is 0 Å². The predicted octanol–water partition coefficient (Wildman–Crippen LogP) is 2.47. The molecular weight excluding hydrogens is 253 g/mol. The highest BCUT2D eigenvalue weighted by Crippen LogP contribution is 2.26. The Morgan fingerprint density at radius 2 is 2.15 bits per heavy atom. The molecule has 4 heteroatoms. The third-order valence-electron chi connectivity index (χ3n) is 4.80. The monoisotopic (exact) mass is 277 g/mol. The lowest BCUT2D eigenvalue weighted by atomic mass is 9.96. The van der Waals surface area contributed by atoms with Crippen LogP contribution in [-0.2, 0) is 6.54 Å². The minimum Gasteiger partial charge on any atom is -0.396 e. The van der Waals surface area contributed by atoms with Crippen molar-refractivity contribution in [1.29, 1.82) is 0 Å². The van der Waals surface area contributed by atoms with Gasteiger partial charge in [-0.1, -0.05) is 18.6 Å². The summed E-state index contributed by atoms with van der Waals surface area (Å²) in [6.45, 7) is 6.30. The van der Waals surface area contributed by atoms with Gasteiger partial charge in [0.1, 0.15) is 0 Å². The average Bonchev–Trinajstić information content (AvgIpc) is 2.44. The van der Waals surface area contributed by atoms with Crippen molar-refractivity contribution >= 4 is 5.69 Å². The van der Waals surface area contributed by atoms with Crippen molar-refractivity contribution in [1.82, 2.24) is 9.80 Å². The number of nitrogens with two attached hydrogens (primary N) is 1. The first-order valence-corrected chi connectivity index (χ1v) is 7.66. The maximum atomic E-state index is 14.1. The van der Waals surface area contributed by atoms with Crippen molar-refractivity contribution in [3.8, 4) is 0 Å². The number of hydrogen-bond donors (Lipinski definition) is 1. The Balaban J connectivity index is 1.72. The second-order valence-corrected chi connectivity index (χ2v) is 6.24. The molecule has 3 rings (SSSR count). The van der Waals surface area contributed by atoms with Crippen LogP contribution in [0, 0.1) is 5.82 Å². The van der Waals surface area contributed by atoms with E-state index in [-0.39, 0.29) is 11.5 Å². The highest BCUT2D eigenvalue weighted by atomic mass is 19.1. The quantitative estimate of drug-likeness (QED) is 0.843. The van der Waals surface area contributed by atoms with Crippen molar-refractivity contribution in [2.75, 3.05) is 25.4 Å². The zero-order chi connectivity index (χ0) is 14.1. The predicted molar refractivity (Wildman–Crippen MR) is 79.9 cm³/mol. The molecule has 2 fully saturated rings. The summed E-state index contributed by atoms with van der Waals surface area (Å²) in [5, 5.41) is 0. The van der Waals surface area contributed by atoms with Crippen molar-refractivity contribution in [3.05, 3.63) is 29.6 Å². The summed E-state index contributed by atoms with van der Waals surface area (Å²) in [5.41, 5.74) is 6.64. The van der Waals surface area contributed by atoms with Gasteiger partial charge in [-0.15, -0.1) is 0 Å². The molecule has 20 heavy (non-hydrogen) atoms. The molecule has 0 bridgehead atoms. The lowest BCUT2D eigenvalue weighted by Crippen LogP contribution is -2.58. The van der Waals surface area contributed by atoms with E-state index in [4.69, 9.17) is 5.73 Å². The second kappa shape index (κ2) is 5.70. The molecular formula is C16H24FN3. The van der Waals surface area contributed by atoms with Crippen LogP contribution in [0.4, 0.5) is 10.1 Å². The van der Waals surface area contributed by atoms with Crippen LogP contribution >= 0.6 is 0 Å². The third-order valence-corrected chi connectivity index (χ3v) is 4.80. The summed E-state index contributed by atoms with van der Waals surface area (Å²) in [6, 6.07) is 6.46. The summed E-state index contributed by atoms with van der Waals surface area (Å²) < 4.78 is 14.1. The zero-order valence-corrected chi connectivity index (χ0v) is 12.2. The van der Waals surface area contributed by atoms with Gasteiger partial charge in [0.05, 0.1) is 5.69 Å². The molecule has 2 atom stereocenters. The number of piperazine rings is 1. The second-order valence-electron chi connectivity index (χ2n) is 6.24. The number of rotatable bonds is 2. The van der Waals surface area contributed by atoms with E-state index in [0.29, 0.717) is 18.6 Å². The third kappa shape index (κ3) is 2.67. The van der Waals surface area contributed by atoms with Crippen LogP contribution in [0.2, 0.25) is 0 Å². The van der Waals surface area contributed by atoms with Crippen LogP contribution in [0.1, 0.15) is 31.7 Å². The molecule has 1 aromatic rings. The molecule has 2 saturated heterocycles. The van der Waals surface area contributed by atoms with E-state index in [1.165, 1.54) is 25.8 Å². The van der Waals surface area contributed by atoms with E-state index in [0.717, 1.165) is 18.7 Å². The van der Waals surface area contributed by atoms with Gasteiger partial charge in [0.15, 0.2) is 5.82 Å².